The number of hydrogen-bond acceptors (Lipinski definition) is 5. The first-order valence-corrected chi connectivity index (χ1v) is 8.56. The summed E-state index contributed by atoms with van der Waals surface area (Å²) >= 11 is 1.70. The molecule has 1 aliphatic rings. The molecule has 1 atom stereocenters. The Kier molecular flexibility index (Phi) is 4.88. The molecule has 2 N–H and O–H groups in total. The summed E-state index contributed by atoms with van der Waals surface area (Å²) in [5.74, 6) is -0.316. The number of fused-ring (bicyclic) bond motifs is 1. The molecule has 0 spiro atoms. The van der Waals surface area contributed by atoms with E-state index < -0.39 is 0 Å². The van der Waals surface area contributed by atoms with Crippen LogP contribution in [-0.4, -0.2) is 48.4 Å². The van der Waals surface area contributed by atoms with E-state index >= 15 is 0 Å². The van der Waals surface area contributed by atoms with E-state index in [0.717, 1.165) is 29.9 Å². The molecule has 122 valence electrons. The van der Waals surface area contributed by atoms with E-state index in [9.17, 15) is 9.59 Å². The Morgan fingerprint density at radius 2 is 2.17 bits per heavy atom. The van der Waals surface area contributed by atoms with Gasteiger partial charge in [0.25, 0.3) is 0 Å². The van der Waals surface area contributed by atoms with Crippen LogP contribution in [0, 0.1) is 0 Å². The van der Waals surface area contributed by atoms with Gasteiger partial charge in [0.05, 0.1) is 29.3 Å². The van der Waals surface area contributed by atoms with Crippen molar-refractivity contribution in [3.8, 4) is 0 Å². The van der Waals surface area contributed by atoms with Crippen molar-refractivity contribution in [2.75, 3.05) is 26.7 Å². The number of likely N-dealkylation sites (N-methyl/N-ethyl adjacent to an activating group) is 1. The van der Waals surface area contributed by atoms with Crippen molar-refractivity contribution in [2.45, 2.75) is 18.9 Å². The third-order valence-corrected chi connectivity index (χ3v) is 5.17. The molecule has 1 aromatic carbocycles. The highest BCUT2D eigenvalue weighted by molar-refractivity contribution is 7.18. The van der Waals surface area contributed by atoms with Crippen LogP contribution in [0.2, 0.25) is 0 Å². The molecule has 2 heterocycles. The minimum Gasteiger partial charge on any atom is -0.358 e. The molecule has 1 aromatic heterocycles. The number of para-hydroxylation sites is 1. The quantitative estimate of drug-likeness (QED) is 0.865. The Morgan fingerprint density at radius 3 is 2.96 bits per heavy atom. The molecule has 0 unspecified atom stereocenters. The fourth-order valence-corrected chi connectivity index (χ4v) is 3.97. The molecule has 0 radical (unpaired) electrons. The zero-order valence-corrected chi connectivity index (χ0v) is 13.9. The summed E-state index contributed by atoms with van der Waals surface area (Å²) in [5, 5.41) is 6.21. The topological polar surface area (TPSA) is 74.3 Å². The number of carbonyl (C=O) groups is 2. The van der Waals surface area contributed by atoms with Crippen LogP contribution in [-0.2, 0) is 9.59 Å². The van der Waals surface area contributed by atoms with Gasteiger partial charge in [-0.3, -0.25) is 14.5 Å². The number of carbonyl (C=O) groups excluding carboxylic acids is 2. The maximum absolute atomic E-state index is 12.0. The first-order chi connectivity index (χ1) is 11.2. The zero-order valence-electron chi connectivity index (χ0n) is 13.0. The molecule has 6 nitrogen and oxygen atoms in total. The monoisotopic (exact) mass is 332 g/mol. The maximum Gasteiger partial charge on any atom is 0.239 e. The fraction of sp³-hybridized carbons (Fsp3) is 0.438. The SMILES string of the molecule is CNC(=O)CNC(=O)CN1CCC[C@H]1c1nc2ccccc2s1. The van der Waals surface area contributed by atoms with Gasteiger partial charge in [-0.15, -0.1) is 11.3 Å². The Labute approximate surface area is 138 Å². The van der Waals surface area contributed by atoms with Crippen LogP contribution in [0.3, 0.4) is 0 Å². The first-order valence-electron chi connectivity index (χ1n) is 7.74. The second-order valence-corrected chi connectivity index (χ2v) is 6.66. The smallest absolute Gasteiger partial charge is 0.239 e. The van der Waals surface area contributed by atoms with Crippen LogP contribution in [0.4, 0.5) is 0 Å². The van der Waals surface area contributed by atoms with Crippen molar-refractivity contribution >= 4 is 33.4 Å². The number of likely N-dealkylation sites (tertiary alicyclic amines) is 1. The number of nitrogens with zero attached hydrogens (tertiary/aromatic N) is 2. The van der Waals surface area contributed by atoms with Crippen LogP contribution < -0.4 is 10.6 Å². The summed E-state index contributed by atoms with van der Waals surface area (Å²) < 4.78 is 1.18. The third kappa shape index (κ3) is 3.68. The maximum atomic E-state index is 12.0. The van der Waals surface area contributed by atoms with Gasteiger partial charge in [0, 0.05) is 7.05 Å². The second-order valence-electron chi connectivity index (χ2n) is 5.60. The van der Waals surface area contributed by atoms with Gasteiger partial charge >= 0.3 is 0 Å². The molecular weight excluding hydrogens is 312 g/mol. The van der Waals surface area contributed by atoms with Crippen molar-refractivity contribution in [1.82, 2.24) is 20.5 Å². The highest BCUT2D eigenvalue weighted by atomic mass is 32.1. The minimum atomic E-state index is -0.192. The number of benzene rings is 1. The Morgan fingerprint density at radius 1 is 1.35 bits per heavy atom. The lowest BCUT2D eigenvalue weighted by molar-refractivity contribution is -0.126. The molecule has 2 amide bonds. The van der Waals surface area contributed by atoms with Crippen LogP contribution in [0.15, 0.2) is 24.3 Å². The summed E-state index contributed by atoms with van der Waals surface area (Å²) in [4.78, 5) is 30.1. The van der Waals surface area contributed by atoms with E-state index in [1.807, 2.05) is 18.2 Å². The van der Waals surface area contributed by atoms with E-state index in [2.05, 4.69) is 21.6 Å². The Hall–Kier alpha value is -1.99. The Balaban J connectivity index is 1.65. The number of hydrogen-bond donors (Lipinski definition) is 2. The van der Waals surface area contributed by atoms with E-state index in [-0.39, 0.29) is 24.4 Å². The van der Waals surface area contributed by atoms with Gasteiger partial charge in [0.15, 0.2) is 0 Å². The number of thiazole rings is 1. The highest BCUT2D eigenvalue weighted by Crippen LogP contribution is 2.35. The number of amides is 2. The van der Waals surface area contributed by atoms with Crippen LogP contribution in [0.1, 0.15) is 23.9 Å². The predicted octanol–water partition coefficient (Wildman–Crippen LogP) is 1.30. The summed E-state index contributed by atoms with van der Waals surface area (Å²) in [6, 6.07) is 8.29. The van der Waals surface area contributed by atoms with Gasteiger partial charge in [-0.25, -0.2) is 4.98 Å². The van der Waals surface area contributed by atoms with Gasteiger partial charge < -0.3 is 10.6 Å². The molecule has 3 rings (SSSR count). The van der Waals surface area contributed by atoms with Crippen LogP contribution >= 0.6 is 11.3 Å². The molecule has 23 heavy (non-hydrogen) atoms. The Bertz CT molecular complexity index is 682. The molecule has 1 saturated heterocycles. The van der Waals surface area contributed by atoms with E-state index in [1.54, 1.807) is 18.4 Å². The van der Waals surface area contributed by atoms with Crippen molar-refractivity contribution in [1.29, 1.82) is 0 Å². The van der Waals surface area contributed by atoms with Crippen molar-refractivity contribution < 1.29 is 9.59 Å². The van der Waals surface area contributed by atoms with Crippen molar-refractivity contribution in [3.05, 3.63) is 29.3 Å². The molecule has 0 saturated carbocycles. The largest absolute Gasteiger partial charge is 0.358 e. The average Bonchev–Trinajstić information content (AvgIpc) is 3.18. The first kappa shape index (κ1) is 15.9. The molecule has 2 aromatic rings. The number of aromatic nitrogens is 1. The highest BCUT2D eigenvalue weighted by Gasteiger charge is 2.30. The molecule has 0 aliphatic carbocycles. The standard InChI is InChI=1S/C16H20N4O2S/c1-17-14(21)9-18-15(22)10-20-8-4-6-12(20)16-19-11-5-2-3-7-13(11)23-16/h2-3,5,7,12H,4,6,8-10H2,1H3,(H,17,21)(H,18,22)/t12-/m0/s1. The van der Waals surface area contributed by atoms with E-state index in [4.69, 9.17) is 4.98 Å². The molecule has 1 fully saturated rings. The van der Waals surface area contributed by atoms with E-state index in [1.165, 1.54) is 4.70 Å². The summed E-state index contributed by atoms with van der Waals surface area (Å²) in [5.41, 5.74) is 1.02. The lowest BCUT2D eigenvalue weighted by Gasteiger charge is -2.21. The molecule has 7 heteroatoms. The van der Waals surface area contributed by atoms with Crippen LogP contribution in [0.5, 0.6) is 0 Å². The fourth-order valence-electron chi connectivity index (χ4n) is 2.84. The van der Waals surface area contributed by atoms with Crippen molar-refractivity contribution in [3.63, 3.8) is 0 Å². The zero-order chi connectivity index (χ0) is 16.2. The average molecular weight is 332 g/mol. The normalized spacial score (nSPS) is 18.2. The van der Waals surface area contributed by atoms with E-state index in [0.29, 0.717) is 6.54 Å². The molecule has 1 aliphatic heterocycles. The summed E-state index contributed by atoms with van der Waals surface area (Å²) in [7, 11) is 1.55. The van der Waals surface area contributed by atoms with Gasteiger partial charge in [-0.2, -0.15) is 0 Å². The van der Waals surface area contributed by atoms with Gasteiger partial charge in [-0.05, 0) is 31.5 Å². The van der Waals surface area contributed by atoms with Gasteiger partial charge in [0.2, 0.25) is 11.8 Å². The lowest BCUT2D eigenvalue weighted by atomic mass is 10.2. The van der Waals surface area contributed by atoms with Gasteiger partial charge in [-0.1, -0.05) is 12.1 Å². The number of nitrogens with one attached hydrogen (secondary N) is 2. The summed E-state index contributed by atoms with van der Waals surface area (Å²) in [6.45, 7) is 1.21. The number of rotatable bonds is 5. The van der Waals surface area contributed by atoms with Gasteiger partial charge in [0.1, 0.15) is 5.01 Å². The molecular formula is C16H20N4O2S. The van der Waals surface area contributed by atoms with Crippen molar-refractivity contribution in [2.24, 2.45) is 0 Å². The van der Waals surface area contributed by atoms with Crippen LogP contribution in [0.25, 0.3) is 10.2 Å². The molecule has 0 bridgehead atoms. The second kappa shape index (κ2) is 7.06. The predicted molar refractivity (Wildman–Crippen MR) is 90.2 cm³/mol. The third-order valence-electron chi connectivity index (χ3n) is 4.03. The lowest BCUT2D eigenvalue weighted by Crippen LogP contribution is -2.41. The minimum absolute atomic E-state index is 0.0228. The summed E-state index contributed by atoms with van der Waals surface area (Å²) in [6.07, 6.45) is 2.08.